The van der Waals surface area contributed by atoms with Crippen LogP contribution in [0.4, 0.5) is 0 Å². The lowest BCUT2D eigenvalue weighted by Gasteiger charge is -2.37. The predicted molar refractivity (Wildman–Crippen MR) is 80.3 cm³/mol. The molecule has 1 fully saturated rings. The third-order valence-corrected chi connectivity index (χ3v) is 4.99. The summed E-state index contributed by atoms with van der Waals surface area (Å²) in [5.41, 5.74) is -0.379. The van der Waals surface area contributed by atoms with E-state index < -0.39 is 5.97 Å². The van der Waals surface area contributed by atoms with Gasteiger partial charge in [-0.25, -0.2) is 0 Å². The summed E-state index contributed by atoms with van der Waals surface area (Å²) >= 11 is 0. The molecular weight excluding hydrogens is 236 g/mol. The third-order valence-electron chi connectivity index (χ3n) is 4.99. The molecule has 0 heterocycles. The van der Waals surface area contributed by atoms with Crippen molar-refractivity contribution in [3.63, 3.8) is 0 Å². The Hall–Kier alpha value is -0.530. The molecule has 0 aromatic carbocycles. The molecule has 2 nitrogen and oxygen atoms in total. The van der Waals surface area contributed by atoms with E-state index in [0.717, 1.165) is 44.4 Å². The molecule has 0 atom stereocenters. The van der Waals surface area contributed by atoms with Crippen LogP contribution in [0.25, 0.3) is 0 Å². The number of carboxylic acids is 1. The summed E-state index contributed by atoms with van der Waals surface area (Å²) in [4.78, 5) is 11.7. The van der Waals surface area contributed by atoms with Crippen molar-refractivity contribution in [1.82, 2.24) is 0 Å². The number of aliphatic carboxylic acids is 1. The van der Waals surface area contributed by atoms with E-state index in [4.69, 9.17) is 0 Å². The molecule has 1 aliphatic rings. The summed E-state index contributed by atoms with van der Waals surface area (Å²) in [5, 5.41) is 9.61. The van der Waals surface area contributed by atoms with Gasteiger partial charge in [-0.15, -0.1) is 0 Å². The standard InChI is InChI=1S/C17H32O2/c1-3-5-7-8-12-17(16(18)19)13-10-15(11-14-17)9-6-4-2/h15H,3-14H2,1-2H3,(H,18,19). The first-order chi connectivity index (χ1) is 9.14. The first kappa shape index (κ1) is 16.5. The third kappa shape index (κ3) is 5.16. The van der Waals surface area contributed by atoms with Crippen LogP contribution in [0.5, 0.6) is 0 Å². The first-order valence-corrected chi connectivity index (χ1v) is 8.38. The smallest absolute Gasteiger partial charge is 0.309 e. The molecule has 1 saturated carbocycles. The molecule has 19 heavy (non-hydrogen) atoms. The minimum Gasteiger partial charge on any atom is -0.481 e. The van der Waals surface area contributed by atoms with Gasteiger partial charge in [-0.1, -0.05) is 58.8 Å². The Kier molecular flexibility index (Phi) is 7.48. The highest BCUT2D eigenvalue weighted by atomic mass is 16.4. The van der Waals surface area contributed by atoms with E-state index >= 15 is 0 Å². The van der Waals surface area contributed by atoms with E-state index in [1.165, 1.54) is 38.5 Å². The molecule has 1 N–H and O–H groups in total. The summed E-state index contributed by atoms with van der Waals surface area (Å²) in [6.07, 6.45) is 13.7. The molecule has 0 amide bonds. The van der Waals surface area contributed by atoms with Crippen molar-refractivity contribution in [2.45, 2.75) is 90.9 Å². The van der Waals surface area contributed by atoms with Crippen LogP contribution in [-0.4, -0.2) is 11.1 Å². The van der Waals surface area contributed by atoms with E-state index in [2.05, 4.69) is 13.8 Å². The normalized spacial score (nSPS) is 27.4. The largest absolute Gasteiger partial charge is 0.481 e. The maximum Gasteiger partial charge on any atom is 0.309 e. The lowest BCUT2D eigenvalue weighted by molar-refractivity contribution is -0.152. The molecular formula is C17H32O2. The number of unbranched alkanes of at least 4 members (excludes halogenated alkanes) is 4. The highest BCUT2D eigenvalue weighted by Crippen LogP contribution is 2.44. The quantitative estimate of drug-likeness (QED) is 0.568. The maximum absolute atomic E-state index is 11.7. The summed E-state index contributed by atoms with van der Waals surface area (Å²) in [5.74, 6) is 0.265. The van der Waals surface area contributed by atoms with Crippen molar-refractivity contribution < 1.29 is 9.90 Å². The molecule has 1 rings (SSSR count). The maximum atomic E-state index is 11.7. The Bertz CT molecular complexity index is 252. The zero-order valence-corrected chi connectivity index (χ0v) is 12.9. The number of carbonyl (C=O) groups is 1. The van der Waals surface area contributed by atoms with Gasteiger partial charge in [0.2, 0.25) is 0 Å². The van der Waals surface area contributed by atoms with Crippen molar-refractivity contribution in [3.8, 4) is 0 Å². The number of hydrogen-bond acceptors (Lipinski definition) is 1. The monoisotopic (exact) mass is 268 g/mol. The summed E-state index contributed by atoms with van der Waals surface area (Å²) in [6.45, 7) is 4.43. The molecule has 0 bridgehead atoms. The van der Waals surface area contributed by atoms with Crippen molar-refractivity contribution in [2.24, 2.45) is 11.3 Å². The Morgan fingerprint density at radius 3 is 2.21 bits per heavy atom. The predicted octanol–water partition coefficient (Wildman–Crippen LogP) is 5.41. The fourth-order valence-corrected chi connectivity index (χ4v) is 3.47. The van der Waals surface area contributed by atoms with Crippen molar-refractivity contribution in [1.29, 1.82) is 0 Å². The summed E-state index contributed by atoms with van der Waals surface area (Å²) in [7, 11) is 0. The van der Waals surface area contributed by atoms with Gasteiger partial charge in [-0.05, 0) is 38.0 Å². The van der Waals surface area contributed by atoms with Gasteiger partial charge in [0.25, 0.3) is 0 Å². The van der Waals surface area contributed by atoms with Gasteiger partial charge in [-0.2, -0.15) is 0 Å². The minimum atomic E-state index is -0.530. The average Bonchev–Trinajstić information content (AvgIpc) is 2.42. The van der Waals surface area contributed by atoms with Gasteiger partial charge >= 0.3 is 5.97 Å². The molecule has 112 valence electrons. The first-order valence-electron chi connectivity index (χ1n) is 8.38. The molecule has 0 unspecified atom stereocenters. The zero-order chi connectivity index (χ0) is 14.1. The fourth-order valence-electron chi connectivity index (χ4n) is 3.47. The molecule has 0 spiro atoms. The van der Waals surface area contributed by atoms with Crippen molar-refractivity contribution in [3.05, 3.63) is 0 Å². The fraction of sp³-hybridized carbons (Fsp3) is 0.941. The van der Waals surface area contributed by atoms with Gasteiger partial charge in [0.05, 0.1) is 5.41 Å². The summed E-state index contributed by atoms with van der Waals surface area (Å²) < 4.78 is 0. The van der Waals surface area contributed by atoms with Crippen LogP contribution >= 0.6 is 0 Å². The highest BCUT2D eigenvalue weighted by molar-refractivity contribution is 5.74. The minimum absolute atomic E-state index is 0.379. The van der Waals surface area contributed by atoms with E-state index in [0.29, 0.717) is 0 Å². The van der Waals surface area contributed by atoms with Crippen LogP contribution in [0.1, 0.15) is 90.9 Å². The topological polar surface area (TPSA) is 37.3 Å². The SMILES string of the molecule is CCCCCCC1(C(=O)O)CCC(CCCC)CC1. The van der Waals surface area contributed by atoms with E-state index in [9.17, 15) is 9.90 Å². The van der Waals surface area contributed by atoms with Crippen molar-refractivity contribution >= 4 is 5.97 Å². The number of hydrogen-bond donors (Lipinski definition) is 1. The van der Waals surface area contributed by atoms with Crippen LogP contribution in [0.3, 0.4) is 0 Å². The average molecular weight is 268 g/mol. The van der Waals surface area contributed by atoms with Crippen LogP contribution in [-0.2, 0) is 4.79 Å². The second-order valence-electron chi connectivity index (χ2n) is 6.48. The molecule has 2 heteroatoms. The van der Waals surface area contributed by atoms with Crippen molar-refractivity contribution in [2.75, 3.05) is 0 Å². The Labute approximate surface area is 119 Å². The molecule has 0 saturated heterocycles. The van der Waals surface area contributed by atoms with Crippen LogP contribution in [0, 0.1) is 11.3 Å². The van der Waals surface area contributed by atoms with Gasteiger partial charge in [-0.3, -0.25) is 4.79 Å². The van der Waals surface area contributed by atoms with Gasteiger partial charge < -0.3 is 5.11 Å². The Balaban J connectivity index is 2.40. The van der Waals surface area contributed by atoms with E-state index in [1.807, 2.05) is 0 Å². The molecule has 1 aliphatic carbocycles. The molecule has 0 aromatic rings. The number of rotatable bonds is 9. The highest BCUT2D eigenvalue weighted by Gasteiger charge is 2.40. The second-order valence-corrected chi connectivity index (χ2v) is 6.48. The van der Waals surface area contributed by atoms with Gasteiger partial charge in [0, 0.05) is 0 Å². The summed E-state index contributed by atoms with van der Waals surface area (Å²) in [6, 6.07) is 0. The van der Waals surface area contributed by atoms with Crippen LogP contribution in [0.2, 0.25) is 0 Å². The Morgan fingerprint density at radius 1 is 1.05 bits per heavy atom. The lowest BCUT2D eigenvalue weighted by atomic mass is 9.67. The van der Waals surface area contributed by atoms with E-state index in [-0.39, 0.29) is 5.41 Å². The Morgan fingerprint density at radius 2 is 1.68 bits per heavy atom. The lowest BCUT2D eigenvalue weighted by Crippen LogP contribution is -2.35. The number of carboxylic acid groups (broad SMARTS) is 1. The molecule has 0 radical (unpaired) electrons. The second kappa shape index (κ2) is 8.60. The molecule has 0 aliphatic heterocycles. The molecule has 0 aromatic heterocycles. The zero-order valence-electron chi connectivity index (χ0n) is 12.9. The van der Waals surface area contributed by atoms with Gasteiger partial charge in [0.15, 0.2) is 0 Å². The van der Waals surface area contributed by atoms with Crippen LogP contribution < -0.4 is 0 Å². The van der Waals surface area contributed by atoms with Crippen LogP contribution in [0.15, 0.2) is 0 Å². The van der Waals surface area contributed by atoms with Gasteiger partial charge in [0.1, 0.15) is 0 Å². The van der Waals surface area contributed by atoms with E-state index in [1.54, 1.807) is 0 Å².